The van der Waals surface area contributed by atoms with Crippen LogP contribution in [0, 0.1) is 0 Å². The number of aliphatic hydroxyl groups is 1. The van der Waals surface area contributed by atoms with Gasteiger partial charge in [-0.1, -0.05) is 13.8 Å². The summed E-state index contributed by atoms with van der Waals surface area (Å²) in [6, 6.07) is 0. The molecule has 0 unspecified atom stereocenters. The van der Waals surface area contributed by atoms with Crippen molar-refractivity contribution in [3.8, 4) is 0 Å². The second-order valence-electron chi connectivity index (χ2n) is 2.64. The van der Waals surface area contributed by atoms with Crippen molar-refractivity contribution < 1.29 is 9.84 Å². The molecule has 0 aromatic rings. The predicted octanol–water partition coefficient (Wildman–Crippen LogP) is 0.221. The van der Waals surface area contributed by atoms with E-state index in [2.05, 4.69) is 24.5 Å². The van der Waals surface area contributed by atoms with E-state index in [9.17, 15) is 0 Å². The van der Waals surface area contributed by atoms with Crippen LogP contribution in [-0.4, -0.2) is 51.1 Å². The Labute approximate surface area is 88.0 Å². The van der Waals surface area contributed by atoms with E-state index < -0.39 is 0 Å². The first-order chi connectivity index (χ1) is 6.83. The van der Waals surface area contributed by atoms with Crippen LogP contribution < -0.4 is 10.6 Å². The lowest BCUT2D eigenvalue weighted by Crippen LogP contribution is -2.30. The van der Waals surface area contributed by atoms with Crippen molar-refractivity contribution in [2.45, 2.75) is 20.8 Å². The first-order valence-corrected chi connectivity index (χ1v) is 5.43. The molecule has 1 aliphatic rings. The van der Waals surface area contributed by atoms with E-state index in [1.54, 1.807) is 6.92 Å². The van der Waals surface area contributed by atoms with Gasteiger partial charge in [-0.3, -0.25) is 0 Å². The minimum absolute atomic E-state index is 0.250. The molecule has 1 saturated heterocycles. The van der Waals surface area contributed by atoms with E-state index in [1.807, 2.05) is 0 Å². The summed E-state index contributed by atoms with van der Waals surface area (Å²) >= 11 is 0. The molecule has 0 amide bonds. The number of rotatable bonds is 2. The molecule has 4 heteroatoms. The number of ether oxygens (including phenoxy) is 1. The molecule has 14 heavy (non-hydrogen) atoms. The first kappa shape index (κ1) is 16.3. The first-order valence-electron chi connectivity index (χ1n) is 5.43. The van der Waals surface area contributed by atoms with Crippen LogP contribution in [0.2, 0.25) is 0 Å². The summed E-state index contributed by atoms with van der Waals surface area (Å²) in [6.45, 7) is 12.2. The van der Waals surface area contributed by atoms with E-state index >= 15 is 0 Å². The van der Waals surface area contributed by atoms with Crippen molar-refractivity contribution in [1.29, 1.82) is 0 Å². The van der Waals surface area contributed by atoms with Gasteiger partial charge in [0.2, 0.25) is 0 Å². The van der Waals surface area contributed by atoms with Crippen molar-refractivity contribution in [1.82, 2.24) is 10.6 Å². The highest BCUT2D eigenvalue weighted by atomic mass is 16.5. The number of nitrogens with one attached hydrogen (secondary N) is 2. The lowest BCUT2D eigenvalue weighted by molar-refractivity contribution is 0.109. The zero-order chi connectivity index (χ0) is 11.1. The highest BCUT2D eigenvalue weighted by Crippen LogP contribution is 1.76. The summed E-state index contributed by atoms with van der Waals surface area (Å²) in [6.07, 6.45) is 0. The average Bonchev–Trinajstić information content (AvgIpc) is 2.24. The van der Waals surface area contributed by atoms with Crippen LogP contribution in [0.5, 0.6) is 0 Å². The smallest absolute Gasteiger partial charge is 0.0591 e. The molecule has 0 radical (unpaired) electrons. The van der Waals surface area contributed by atoms with E-state index in [1.165, 1.54) is 0 Å². The predicted molar refractivity (Wildman–Crippen MR) is 60.7 cm³/mol. The quantitative estimate of drug-likeness (QED) is 0.605. The molecule has 88 valence electrons. The van der Waals surface area contributed by atoms with Gasteiger partial charge in [-0.2, -0.15) is 0 Å². The number of hydrogen-bond donors (Lipinski definition) is 3. The molecule has 1 heterocycles. The van der Waals surface area contributed by atoms with E-state index in [-0.39, 0.29) is 6.61 Å². The fourth-order valence-corrected chi connectivity index (χ4v) is 0.766. The van der Waals surface area contributed by atoms with Crippen LogP contribution in [0.1, 0.15) is 20.8 Å². The summed E-state index contributed by atoms with van der Waals surface area (Å²) < 4.78 is 5.01. The van der Waals surface area contributed by atoms with Gasteiger partial charge in [0.05, 0.1) is 13.2 Å². The molecule has 0 spiro atoms. The van der Waals surface area contributed by atoms with Gasteiger partial charge in [-0.05, 0) is 20.0 Å². The van der Waals surface area contributed by atoms with Crippen LogP contribution in [-0.2, 0) is 4.74 Å². The molecule has 0 aromatic carbocycles. The van der Waals surface area contributed by atoms with Crippen molar-refractivity contribution in [2.75, 3.05) is 46.0 Å². The van der Waals surface area contributed by atoms with Crippen molar-refractivity contribution in [3.05, 3.63) is 0 Å². The van der Waals surface area contributed by atoms with Crippen LogP contribution in [0.25, 0.3) is 0 Å². The van der Waals surface area contributed by atoms with Gasteiger partial charge >= 0.3 is 0 Å². The lowest BCUT2D eigenvalue weighted by atomic mass is 10.5. The van der Waals surface area contributed by atoms with Gasteiger partial charge in [-0.25, -0.2) is 0 Å². The Kier molecular flexibility index (Phi) is 21.6. The third-order valence-electron chi connectivity index (χ3n) is 1.35. The topological polar surface area (TPSA) is 53.5 Å². The number of aliphatic hydroxyl groups excluding tert-OH is 1. The van der Waals surface area contributed by atoms with Gasteiger partial charge < -0.3 is 20.5 Å². The minimum Gasteiger partial charge on any atom is -0.397 e. The Balaban J connectivity index is 0. The van der Waals surface area contributed by atoms with Crippen LogP contribution >= 0.6 is 0 Å². The zero-order valence-corrected chi connectivity index (χ0v) is 9.81. The molecule has 0 aromatic heterocycles. The summed E-state index contributed by atoms with van der Waals surface area (Å²) in [4.78, 5) is 0. The Morgan fingerprint density at radius 2 is 1.57 bits per heavy atom. The molecule has 4 nitrogen and oxygen atoms in total. The Morgan fingerprint density at radius 3 is 1.64 bits per heavy atom. The highest BCUT2D eigenvalue weighted by Gasteiger charge is 1.92. The normalized spacial score (nSPS) is 14.6. The highest BCUT2D eigenvalue weighted by molar-refractivity contribution is 4.49. The van der Waals surface area contributed by atoms with Gasteiger partial charge in [0.25, 0.3) is 0 Å². The SMILES string of the molecule is C1COCCN1.CCNCC.CCO. The second-order valence-corrected chi connectivity index (χ2v) is 2.64. The van der Waals surface area contributed by atoms with E-state index in [0.29, 0.717) is 0 Å². The summed E-state index contributed by atoms with van der Waals surface area (Å²) in [7, 11) is 0. The largest absolute Gasteiger partial charge is 0.397 e. The average molecular weight is 206 g/mol. The fourth-order valence-electron chi connectivity index (χ4n) is 0.766. The summed E-state index contributed by atoms with van der Waals surface area (Å²) in [5, 5.41) is 13.8. The van der Waals surface area contributed by atoms with Crippen LogP contribution in [0.15, 0.2) is 0 Å². The second kappa shape index (κ2) is 18.6. The maximum absolute atomic E-state index is 7.57. The van der Waals surface area contributed by atoms with Crippen LogP contribution in [0.4, 0.5) is 0 Å². The third-order valence-corrected chi connectivity index (χ3v) is 1.35. The van der Waals surface area contributed by atoms with Gasteiger partial charge in [0.15, 0.2) is 0 Å². The number of morpholine rings is 1. The van der Waals surface area contributed by atoms with Crippen LogP contribution in [0.3, 0.4) is 0 Å². The molecule has 1 fully saturated rings. The minimum atomic E-state index is 0.250. The van der Waals surface area contributed by atoms with E-state index in [4.69, 9.17) is 9.84 Å². The Hall–Kier alpha value is -0.160. The lowest BCUT2D eigenvalue weighted by Gasteiger charge is -2.10. The molecule has 1 aliphatic heterocycles. The molecule has 0 bridgehead atoms. The maximum atomic E-state index is 7.57. The third kappa shape index (κ3) is 22.6. The van der Waals surface area contributed by atoms with E-state index in [0.717, 1.165) is 39.4 Å². The Morgan fingerprint density at radius 1 is 1.14 bits per heavy atom. The molecular formula is C10H26N2O2. The molecule has 0 aliphatic carbocycles. The van der Waals surface area contributed by atoms with Crippen molar-refractivity contribution in [2.24, 2.45) is 0 Å². The molecular weight excluding hydrogens is 180 g/mol. The van der Waals surface area contributed by atoms with Gasteiger partial charge in [0.1, 0.15) is 0 Å². The summed E-state index contributed by atoms with van der Waals surface area (Å²) in [5.74, 6) is 0. The van der Waals surface area contributed by atoms with Crippen molar-refractivity contribution in [3.63, 3.8) is 0 Å². The molecule has 0 saturated carbocycles. The maximum Gasteiger partial charge on any atom is 0.0591 e. The van der Waals surface area contributed by atoms with Crippen molar-refractivity contribution >= 4 is 0 Å². The van der Waals surface area contributed by atoms with Gasteiger partial charge in [-0.15, -0.1) is 0 Å². The Bertz CT molecular complexity index is 65.0. The molecule has 1 rings (SSSR count). The zero-order valence-electron chi connectivity index (χ0n) is 9.81. The fraction of sp³-hybridized carbons (Fsp3) is 1.00. The monoisotopic (exact) mass is 206 g/mol. The van der Waals surface area contributed by atoms with Gasteiger partial charge in [0, 0.05) is 19.7 Å². The molecule has 0 atom stereocenters. The summed E-state index contributed by atoms with van der Waals surface area (Å²) in [5.41, 5.74) is 0. The number of hydrogen-bond acceptors (Lipinski definition) is 4. The molecule has 3 N–H and O–H groups in total. The standard InChI is InChI=1S/C4H9NO.C4H11N.C2H6O/c1-3-6-4-2-5-1;1-3-5-4-2;1-2-3/h5H,1-4H2;5H,3-4H2,1-2H3;3H,2H2,1H3.